The summed E-state index contributed by atoms with van der Waals surface area (Å²) < 4.78 is 21.3. The smallest absolute Gasteiger partial charge is 0.246 e. The Kier molecular flexibility index (Phi) is 33.7. The minimum Gasteiger partial charge on any atom is -0.394 e. The number of nitrogens with one attached hydrogen (secondary N) is 6. The zero-order chi connectivity index (χ0) is 38.5. The van der Waals surface area contributed by atoms with E-state index in [1.807, 2.05) is 6.92 Å². The number of amides is 6. The van der Waals surface area contributed by atoms with Gasteiger partial charge < -0.3 is 56.0 Å². The van der Waals surface area contributed by atoms with Gasteiger partial charge in [0.25, 0.3) is 0 Å². The van der Waals surface area contributed by atoms with Crippen LogP contribution in [-0.2, 0) is 47.7 Å². The van der Waals surface area contributed by atoms with E-state index in [0.29, 0.717) is 64.9 Å². The number of aliphatic hydroxyl groups excluding tert-OH is 1. The lowest BCUT2D eigenvalue weighted by atomic mass is 10.1. The second-order valence-electron chi connectivity index (χ2n) is 12.1. The summed E-state index contributed by atoms with van der Waals surface area (Å²) in [5, 5.41) is 26.0. The van der Waals surface area contributed by atoms with Gasteiger partial charge in [-0.2, -0.15) is 0 Å². The van der Waals surface area contributed by atoms with Gasteiger partial charge in [0, 0.05) is 58.4 Å². The summed E-state index contributed by atoms with van der Waals surface area (Å²) in [7, 11) is 0. The Morgan fingerprint density at radius 3 is 1.40 bits per heavy atom. The van der Waals surface area contributed by atoms with Gasteiger partial charge in [-0.1, -0.05) is 33.1 Å². The lowest BCUT2D eigenvalue weighted by Gasteiger charge is -2.16. The number of hydrogen-bond acceptors (Lipinski definition) is 11. The summed E-state index contributed by atoms with van der Waals surface area (Å²) >= 11 is 0. The molecule has 0 aliphatic carbocycles. The molecule has 0 fully saturated rings. The number of carbonyl (C=O) groups is 6. The average Bonchev–Trinajstić information content (AvgIpc) is 3.12. The first-order chi connectivity index (χ1) is 25.2. The van der Waals surface area contributed by atoms with Crippen LogP contribution in [0.4, 0.5) is 0 Å². The number of aliphatic hydroxyl groups is 1. The van der Waals surface area contributed by atoms with Gasteiger partial charge in [-0.3, -0.25) is 28.8 Å². The molecule has 0 spiro atoms. The molecular weight excluding hydrogens is 680 g/mol. The second kappa shape index (κ2) is 36.0. The van der Waals surface area contributed by atoms with E-state index in [2.05, 4.69) is 38.8 Å². The average molecular weight is 747 g/mol. The number of unbranched alkanes of at least 4 members (excludes halogenated alkanes) is 3. The molecule has 52 heavy (non-hydrogen) atoms. The Morgan fingerprint density at radius 2 is 0.885 bits per heavy atom. The predicted molar refractivity (Wildman–Crippen MR) is 194 cm³/mol. The minimum atomic E-state index is -0.592. The van der Waals surface area contributed by atoms with E-state index >= 15 is 0 Å². The lowest BCUT2D eigenvalue weighted by Crippen LogP contribution is -2.40. The molecule has 0 aromatic carbocycles. The van der Waals surface area contributed by atoms with Crippen LogP contribution >= 0.6 is 0 Å². The van der Waals surface area contributed by atoms with Gasteiger partial charge in [-0.05, 0) is 32.1 Å². The molecular formula is C35H66N6O11. The standard InChI is InChI=1S/C35H66N6O11/c1-3-5-7-10-30(43)37-16-9-12-32(45)39-18-20-49-22-24-51-27-34(47)40-19-21-50-23-25-52-28-35(48)41-29(26-42)13-14-33(46)38-17-8-11-31(44)36-15-6-4-2/h29,42H,3-28H2,1-2H3,(H,36,44)(H,37,43)(H,38,46)(H,39,45)(H,40,47)(H,41,48). The molecule has 0 heterocycles. The normalized spacial score (nSPS) is 11.4. The van der Waals surface area contributed by atoms with Crippen molar-refractivity contribution in [3.63, 3.8) is 0 Å². The minimum absolute atomic E-state index is 0.0254. The zero-order valence-electron chi connectivity index (χ0n) is 31.5. The molecule has 0 aliphatic rings. The Labute approximate surface area is 309 Å². The summed E-state index contributed by atoms with van der Waals surface area (Å²) in [6.07, 6.45) is 7.61. The van der Waals surface area contributed by atoms with E-state index in [1.54, 1.807) is 0 Å². The molecule has 6 amide bonds. The van der Waals surface area contributed by atoms with E-state index in [-0.39, 0.29) is 102 Å². The third kappa shape index (κ3) is 33.7. The summed E-state index contributed by atoms with van der Waals surface area (Å²) in [5.41, 5.74) is 0. The van der Waals surface area contributed by atoms with Crippen LogP contribution in [0.25, 0.3) is 0 Å². The van der Waals surface area contributed by atoms with Crippen molar-refractivity contribution in [2.45, 2.75) is 96.9 Å². The number of rotatable bonds is 36. The van der Waals surface area contributed by atoms with E-state index < -0.39 is 11.9 Å². The summed E-state index contributed by atoms with van der Waals surface area (Å²) in [6, 6.07) is -0.592. The van der Waals surface area contributed by atoms with Crippen LogP contribution in [0.2, 0.25) is 0 Å². The molecule has 0 radical (unpaired) electrons. The van der Waals surface area contributed by atoms with Crippen molar-refractivity contribution in [1.29, 1.82) is 0 Å². The third-order valence-electron chi connectivity index (χ3n) is 7.32. The van der Waals surface area contributed by atoms with Crippen LogP contribution in [0.15, 0.2) is 0 Å². The van der Waals surface area contributed by atoms with Crippen LogP contribution in [0.5, 0.6) is 0 Å². The Hall–Kier alpha value is -3.38. The van der Waals surface area contributed by atoms with Gasteiger partial charge in [-0.25, -0.2) is 0 Å². The van der Waals surface area contributed by atoms with Crippen LogP contribution < -0.4 is 31.9 Å². The van der Waals surface area contributed by atoms with E-state index in [4.69, 9.17) is 18.9 Å². The van der Waals surface area contributed by atoms with Crippen LogP contribution in [0.1, 0.15) is 90.9 Å². The lowest BCUT2D eigenvalue weighted by molar-refractivity contribution is -0.128. The second-order valence-corrected chi connectivity index (χ2v) is 12.1. The highest BCUT2D eigenvalue weighted by Gasteiger charge is 2.14. The van der Waals surface area contributed by atoms with E-state index in [9.17, 15) is 33.9 Å². The van der Waals surface area contributed by atoms with Gasteiger partial charge in [0.15, 0.2) is 0 Å². The van der Waals surface area contributed by atoms with Crippen LogP contribution in [0.3, 0.4) is 0 Å². The van der Waals surface area contributed by atoms with Crippen LogP contribution in [-0.4, -0.2) is 139 Å². The quantitative estimate of drug-likeness (QED) is 0.0416. The first-order valence-electron chi connectivity index (χ1n) is 18.8. The van der Waals surface area contributed by atoms with Crippen molar-refractivity contribution in [1.82, 2.24) is 31.9 Å². The molecule has 0 aromatic rings. The van der Waals surface area contributed by atoms with Gasteiger partial charge in [0.1, 0.15) is 13.2 Å². The summed E-state index contributed by atoms with van der Waals surface area (Å²) in [6.45, 7) is 6.99. The van der Waals surface area contributed by atoms with Gasteiger partial charge in [0.05, 0.1) is 52.3 Å². The molecule has 0 saturated carbocycles. The number of carbonyl (C=O) groups excluding carboxylic acids is 6. The largest absolute Gasteiger partial charge is 0.394 e. The number of hydrogen-bond donors (Lipinski definition) is 7. The molecule has 0 saturated heterocycles. The van der Waals surface area contributed by atoms with Crippen molar-refractivity contribution < 1.29 is 52.8 Å². The Bertz CT molecular complexity index is 974. The number of ether oxygens (including phenoxy) is 4. The molecule has 0 bridgehead atoms. The molecule has 0 aromatic heterocycles. The van der Waals surface area contributed by atoms with E-state index in [1.165, 1.54) is 0 Å². The maximum Gasteiger partial charge on any atom is 0.246 e. The molecule has 302 valence electrons. The van der Waals surface area contributed by atoms with Gasteiger partial charge in [0.2, 0.25) is 35.4 Å². The molecule has 0 rings (SSSR count). The fourth-order valence-corrected chi connectivity index (χ4v) is 4.38. The molecule has 17 heteroatoms. The topological polar surface area (TPSA) is 232 Å². The van der Waals surface area contributed by atoms with Crippen molar-refractivity contribution in [3.05, 3.63) is 0 Å². The highest BCUT2D eigenvalue weighted by atomic mass is 16.5. The SMILES string of the molecule is CCCCCC(=O)NCCCC(=O)NCCOCCOCC(=O)NCCOCCOCC(=O)NC(CO)CCC(=O)NCCCC(=O)NCCCC. The third-order valence-corrected chi connectivity index (χ3v) is 7.32. The van der Waals surface area contributed by atoms with Crippen molar-refractivity contribution in [3.8, 4) is 0 Å². The summed E-state index contributed by atoms with van der Waals surface area (Å²) in [5.74, 6) is -1.07. The maximum absolute atomic E-state index is 12.1. The van der Waals surface area contributed by atoms with Crippen molar-refractivity contribution in [2.24, 2.45) is 0 Å². The maximum atomic E-state index is 12.1. The highest BCUT2D eigenvalue weighted by molar-refractivity contribution is 5.79. The molecule has 1 atom stereocenters. The Balaban J connectivity index is 3.62. The predicted octanol–water partition coefficient (Wildman–Crippen LogP) is -0.168. The molecule has 1 unspecified atom stereocenters. The van der Waals surface area contributed by atoms with Crippen molar-refractivity contribution in [2.75, 3.05) is 92.2 Å². The fraction of sp³-hybridized carbons (Fsp3) is 0.829. The zero-order valence-corrected chi connectivity index (χ0v) is 31.5. The summed E-state index contributed by atoms with van der Waals surface area (Å²) in [4.78, 5) is 71.1. The molecule has 0 aliphatic heterocycles. The van der Waals surface area contributed by atoms with Crippen molar-refractivity contribution >= 4 is 35.4 Å². The molecule has 7 N–H and O–H groups in total. The highest BCUT2D eigenvalue weighted by Crippen LogP contribution is 1.99. The van der Waals surface area contributed by atoms with Crippen LogP contribution in [0, 0.1) is 0 Å². The first kappa shape index (κ1) is 48.6. The monoisotopic (exact) mass is 746 g/mol. The fourth-order valence-electron chi connectivity index (χ4n) is 4.38. The van der Waals surface area contributed by atoms with E-state index in [0.717, 1.165) is 32.1 Å². The molecule has 17 nitrogen and oxygen atoms in total. The Morgan fingerprint density at radius 1 is 0.462 bits per heavy atom. The van der Waals surface area contributed by atoms with Gasteiger partial charge >= 0.3 is 0 Å². The van der Waals surface area contributed by atoms with Gasteiger partial charge in [-0.15, -0.1) is 0 Å². The first-order valence-corrected chi connectivity index (χ1v) is 18.8.